The fourth-order valence-electron chi connectivity index (χ4n) is 2.60. The molecule has 0 aliphatic carbocycles. The third kappa shape index (κ3) is 4.82. The van der Waals surface area contributed by atoms with Crippen LogP contribution in [0.25, 0.3) is 0 Å². The highest BCUT2D eigenvalue weighted by atomic mass is 16.5. The monoisotopic (exact) mass is 293 g/mol. The number of ether oxygens (including phenoxy) is 1. The van der Waals surface area contributed by atoms with Gasteiger partial charge in [-0.15, -0.1) is 0 Å². The van der Waals surface area contributed by atoms with Crippen LogP contribution < -0.4 is 15.4 Å². The summed E-state index contributed by atoms with van der Waals surface area (Å²) < 4.78 is 5.52. The molecule has 1 aromatic rings. The second-order valence-corrected chi connectivity index (χ2v) is 5.41. The number of aryl methyl sites for hydroxylation is 1. The number of aromatic nitrogens is 2. The first kappa shape index (κ1) is 16.0. The van der Waals surface area contributed by atoms with Gasteiger partial charge < -0.3 is 20.3 Å². The van der Waals surface area contributed by atoms with Crippen LogP contribution in [0.15, 0.2) is 6.07 Å². The molecule has 0 unspecified atom stereocenters. The molecule has 2 rings (SSSR count). The fourth-order valence-corrected chi connectivity index (χ4v) is 2.60. The molecule has 0 bridgehead atoms. The average molecular weight is 293 g/mol. The van der Waals surface area contributed by atoms with Crippen LogP contribution >= 0.6 is 0 Å². The van der Waals surface area contributed by atoms with Gasteiger partial charge in [0.1, 0.15) is 0 Å². The Labute approximate surface area is 127 Å². The zero-order valence-electron chi connectivity index (χ0n) is 13.2. The average Bonchev–Trinajstić information content (AvgIpc) is 2.70. The molecule has 1 aliphatic heterocycles. The molecule has 1 aliphatic rings. The van der Waals surface area contributed by atoms with Crippen LogP contribution in [0.5, 0.6) is 5.88 Å². The third-order valence-corrected chi connectivity index (χ3v) is 3.66. The van der Waals surface area contributed by atoms with E-state index in [1.165, 1.54) is 0 Å². The van der Waals surface area contributed by atoms with E-state index < -0.39 is 0 Å². The van der Waals surface area contributed by atoms with Crippen LogP contribution in [0, 0.1) is 6.92 Å². The van der Waals surface area contributed by atoms with Gasteiger partial charge in [-0.2, -0.15) is 4.98 Å². The van der Waals surface area contributed by atoms with Crippen LogP contribution in [0.4, 0.5) is 5.95 Å². The molecule has 0 saturated carbocycles. The first-order valence-electron chi connectivity index (χ1n) is 7.88. The molecular weight excluding hydrogens is 266 g/mol. The van der Waals surface area contributed by atoms with Crippen LogP contribution in [-0.4, -0.2) is 60.7 Å². The van der Waals surface area contributed by atoms with Crippen molar-refractivity contribution >= 4 is 5.95 Å². The standard InChI is InChI=1S/C15H27N5O/c1-3-21-14-12-13(2)17-15(18-14)20-9-5-8-19(10-11-20)7-4-6-16/h12H,3-11,16H2,1-2H3. The minimum absolute atomic E-state index is 0.628. The van der Waals surface area contributed by atoms with Crippen molar-refractivity contribution in [3.05, 3.63) is 11.8 Å². The van der Waals surface area contributed by atoms with E-state index in [1.54, 1.807) is 0 Å². The van der Waals surface area contributed by atoms with Gasteiger partial charge in [0.15, 0.2) is 0 Å². The summed E-state index contributed by atoms with van der Waals surface area (Å²) in [5.41, 5.74) is 6.55. The second-order valence-electron chi connectivity index (χ2n) is 5.41. The highest BCUT2D eigenvalue weighted by molar-refractivity contribution is 5.34. The van der Waals surface area contributed by atoms with Gasteiger partial charge in [0.2, 0.25) is 11.8 Å². The van der Waals surface area contributed by atoms with Crippen molar-refractivity contribution in [2.24, 2.45) is 5.73 Å². The van der Waals surface area contributed by atoms with Gasteiger partial charge in [-0.25, -0.2) is 4.98 Å². The second kappa shape index (κ2) is 8.14. The summed E-state index contributed by atoms with van der Waals surface area (Å²) >= 11 is 0. The predicted octanol–water partition coefficient (Wildman–Crippen LogP) is 1.04. The van der Waals surface area contributed by atoms with Gasteiger partial charge in [0.25, 0.3) is 0 Å². The molecule has 2 heterocycles. The van der Waals surface area contributed by atoms with Crippen LogP contribution in [0.3, 0.4) is 0 Å². The van der Waals surface area contributed by atoms with Crippen molar-refractivity contribution in [1.29, 1.82) is 0 Å². The lowest BCUT2D eigenvalue weighted by molar-refractivity contribution is 0.291. The number of hydrogen-bond donors (Lipinski definition) is 1. The van der Waals surface area contributed by atoms with Crippen LogP contribution in [0.2, 0.25) is 0 Å². The Bertz CT molecular complexity index is 440. The maximum absolute atomic E-state index is 5.59. The van der Waals surface area contributed by atoms with E-state index in [4.69, 9.17) is 10.5 Å². The summed E-state index contributed by atoms with van der Waals surface area (Å²) in [4.78, 5) is 13.8. The summed E-state index contributed by atoms with van der Waals surface area (Å²) in [6.45, 7) is 10.6. The lowest BCUT2D eigenvalue weighted by Gasteiger charge is -2.22. The predicted molar refractivity (Wildman–Crippen MR) is 84.9 cm³/mol. The molecule has 0 atom stereocenters. The largest absolute Gasteiger partial charge is 0.478 e. The Morgan fingerprint density at radius 2 is 2.10 bits per heavy atom. The van der Waals surface area contributed by atoms with E-state index >= 15 is 0 Å². The van der Waals surface area contributed by atoms with Crippen molar-refractivity contribution in [3.8, 4) is 5.88 Å². The SMILES string of the molecule is CCOc1cc(C)nc(N2CCCN(CCCN)CC2)n1. The first-order chi connectivity index (χ1) is 10.2. The van der Waals surface area contributed by atoms with Gasteiger partial charge in [-0.05, 0) is 46.3 Å². The van der Waals surface area contributed by atoms with E-state index in [1.807, 2.05) is 19.9 Å². The molecule has 0 amide bonds. The van der Waals surface area contributed by atoms with Crippen molar-refractivity contribution in [3.63, 3.8) is 0 Å². The van der Waals surface area contributed by atoms with Crippen molar-refractivity contribution < 1.29 is 4.74 Å². The van der Waals surface area contributed by atoms with Crippen LogP contribution in [-0.2, 0) is 0 Å². The van der Waals surface area contributed by atoms with Gasteiger partial charge in [-0.1, -0.05) is 0 Å². The molecule has 1 saturated heterocycles. The molecule has 0 aromatic carbocycles. The Balaban J connectivity index is 2.01. The summed E-state index contributed by atoms with van der Waals surface area (Å²) in [5, 5.41) is 0. The molecule has 21 heavy (non-hydrogen) atoms. The zero-order chi connectivity index (χ0) is 15.1. The number of rotatable bonds is 6. The topological polar surface area (TPSA) is 67.5 Å². The Morgan fingerprint density at radius 3 is 2.86 bits per heavy atom. The molecular formula is C15H27N5O. The van der Waals surface area contributed by atoms with Gasteiger partial charge in [0.05, 0.1) is 6.61 Å². The summed E-state index contributed by atoms with van der Waals surface area (Å²) in [5.74, 6) is 1.46. The molecule has 1 fully saturated rings. The van der Waals surface area contributed by atoms with Gasteiger partial charge >= 0.3 is 0 Å². The molecule has 1 aromatic heterocycles. The van der Waals surface area contributed by atoms with E-state index in [0.717, 1.165) is 63.8 Å². The first-order valence-corrected chi connectivity index (χ1v) is 7.88. The highest BCUT2D eigenvalue weighted by Gasteiger charge is 2.17. The molecule has 6 nitrogen and oxygen atoms in total. The summed E-state index contributed by atoms with van der Waals surface area (Å²) in [6.07, 6.45) is 2.20. The van der Waals surface area contributed by atoms with Crippen molar-refractivity contribution in [1.82, 2.24) is 14.9 Å². The van der Waals surface area contributed by atoms with Gasteiger partial charge in [0, 0.05) is 31.4 Å². The highest BCUT2D eigenvalue weighted by Crippen LogP contribution is 2.17. The van der Waals surface area contributed by atoms with E-state index in [-0.39, 0.29) is 0 Å². The van der Waals surface area contributed by atoms with Crippen molar-refractivity contribution in [2.75, 3.05) is 50.8 Å². The molecule has 6 heteroatoms. The molecule has 0 radical (unpaired) electrons. The summed E-state index contributed by atoms with van der Waals surface area (Å²) in [7, 11) is 0. The van der Waals surface area contributed by atoms with Crippen molar-refractivity contribution in [2.45, 2.75) is 26.7 Å². The Hall–Kier alpha value is -1.40. The lowest BCUT2D eigenvalue weighted by atomic mass is 10.3. The lowest BCUT2D eigenvalue weighted by Crippen LogP contribution is -2.32. The van der Waals surface area contributed by atoms with Gasteiger partial charge in [-0.3, -0.25) is 0 Å². The fraction of sp³-hybridized carbons (Fsp3) is 0.733. The zero-order valence-corrected chi connectivity index (χ0v) is 13.2. The summed E-state index contributed by atoms with van der Waals surface area (Å²) in [6, 6.07) is 1.89. The Morgan fingerprint density at radius 1 is 1.24 bits per heavy atom. The minimum Gasteiger partial charge on any atom is -0.478 e. The molecule has 2 N–H and O–H groups in total. The Kier molecular flexibility index (Phi) is 6.20. The number of hydrogen-bond acceptors (Lipinski definition) is 6. The third-order valence-electron chi connectivity index (χ3n) is 3.66. The van der Waals surface area contributed by atoms with E-state index in [9.17, 15) is 0 Å². The molecule has 0 spiro atoms. The van der Waals surface area contributed by atoms with E-state index in [2.05, 4.69) is 19.8 Å². The normalized spacial score (nSPS) is 16.8. The van der Waals surface area contributed by atoms with Crippen LogP contribution in [0.1, 0.15) is 25.5 Å². The maximum Gasteiger partial charge on any atom is 0.228 e. The smallest absolute Gasteiger partial charge is 0.228 e. The number of anilines is 1. The molecule has 118 valence electrons. The quantitative estimate of drug-likeness (QED) is 0.845. The van der Waals surface area contributed by atoms with E-state index in [0.29, 0.717) is 12.5 Å². The number of nitrogens with two attached hydrogens (primary N) is 1. The number of nitrogens with zero attached hydrogens (tertiary/aromatic N) is 4. The minimum atomic E-state index is 0.628. The maximum atomic E-state index is 5.59.